The molecule has 1 N–H and O–H groups in total. The highest BCUT2D eigenvalue weighted by molar-refractivity contribution is 7.95. The van der Waals surface area contributed by atoms with Gasteiger partial charge in [-0.2, -0.15) is 0 Å². The first-order valence-electron chi connectivity index (χ1n) is 8.06. The average molecular weight is 356 g/mol. The van der Waals surface area contributed by atoms with Gasteiger partial charge in [-0.15, -0.1) is 0 Å². The number of nitrogens with one attached hydrogen (secondary N) is 1. The van der Waals surface area contributed by atoms with Crippen LogP contribution >= 0.6 is 0 Å². The zero-order valence-electron chi connectivity index (χ0n) is 14.0. The summed E-state index contributed by atoms with van der Waals surface area (Å²) in [5.41, 5.74) is 3.45. The number of hydrogen-bond donors (Lipinski definition) is 1. The van der Waals surface area contributed by atoms with Gasteiger partial charge in [0.15, 0.2) is 0 Å². The van der Waals surface area contributed by atoms with Crippen LogP contribution in [0.2, 0.25) is 0 Å². The molecule has 0 aromatic heterocycles. The van der Waals surface area contributed by atoms with Gasteiger partial charge >= 0.3 is 0 Å². The summed E-state index contributed by atoms with van der Waals surface area (Å²) in [6.45, 7) is 2.76. The quantitative estimate of drug-likeness (QED) is 0.916. The molecule has 0 aliphatic carbocycles. The van der Waals surface area contributed by atoms with Crippen LogP contribution in [0.4, 0.5) is 5.69 Å². The molecular weight excluding hydrogens is 336 g/mol. The maximum absolute atomic E-state index is 12.3. The molecule has 0 spiro atoms. The van der Waals surface area contributed by atoms with Gasteiger partial charge in [0.25, 0.3) is 10.0 Å². The summed E-state index contributed by atoms with van der Waals surface area (Å²) in [4.78, 5) is 13.3. The molecule has 1 aliphatic heterocycles. The molecule has 0 bridgehead atoms. The first kappa shape index (κ1) is 17.2. The number of rotatable bonds is 4. The van der Waals surface area contributed by atoms with Crippen LogP contribution < -0.4 is 4.72 Å². The molecule has 0 unspecified atom stereocenters. The SMILES string of the molecule is CC(=O)N1CCc2ccc(NS(=O)(=O)/C=C/c3ccccc3)cc2C1. The highest BCUT2D eigenvalue weighted by atomic mass is 32.2. The van der Waals surface area contributed by atoms with Gasteiger partial charge < -0.3 is 4.90 Å². The number of nitrogens with zero attached hydrogens (tertiary/aromatic N) is 1. The van der Waals surface area contributed by atoms with Crippen molar-refractivity contribution in [1.82, 2.24) is 4.90 Å². The van der Waals surface area contributed by atoms with Gasteiger partial charge in [-0.1, -0.05) is 36.4 Å². The van der Waals surface area contributed by atoms with Gasteiger partial charge in [0, 0.05) is 25.7 Å². The molecule has 25 heavy (non-hydrogen) atoms. The maximum atomic E-state index is 12.3. The van der Waals surface area contributed by atoms with Crippen LogP contribution in [-0.2, 0) is 27.8 Å². The van der Waals surface area contributed by atoms with E-state index in [-0.39, 0.29) is 5.91 Å². The smallest absolute Gasteiger partial charge is 0.255 e. The normalized spacial score (nSPS) is 14.4. The maximum Gasteiger partial charge on any atom is 0.255 e. The topological polar surface area (TPSA) is 66.5 Å². The van der Waals surface area contributed by atoms with Crippen molar-refractivity contribution in [2.75, 3.05) is 11.3 Å². The Labute approximate surface area is 148 Å². The van der Waals surface area contributed by atoms with E-state index < -0.39 is 10.0 Å². The van der Waals surface area contributed by atoms with Crippen LogP contribution in [0, 0.1) is 0 Å². The minimum Gasteiger partial charge on any atom is -0.338 e. The van der Waals surface area contributed by atoms with E-state index in [1.165, 1.54) is 0 Å². The summed E-state index contributed by atoms with van der Waals surface area (Å²) in [5.74, 6) is 0.0300. The second-order valence-electron chi connectivity index (χ2n) is 6.03. The Kier molecular flexibility index (Phi) is 4.90. The monoisotopic (exact) mass is 356 g/mol. The molecule has 1 heterocycles. The number of hydrogen-bond acceptors (Lipinski definition) is 3. The number of fused-ring (bicyclic) bond motifs is 1. The minimum absolute atomic E-state index is 0.0300. The number of anilines is 1. The Morgan fingerprint density at radius 1 is 1.12 bits per heavy atom. The Bertz CT molecular complexity index is 906. The van der Waals surface area contributed by atoms with Crippen molar-refractivity contribution in [2.45, 2.75) is 19.9 Å². The summed E-state index contributed by atoms with van der Waals surface area (Å²) < 4.78 is 27.1. The summed E-state index contributed by atoms with van der Waals surface area (Å²) >= 11 is 0. The predicted octanol–water partition coefficient (Wildman–Crippen LogP) is 3.00. The van der Waals surface area contributed by atoms with Crippen molar-refractivity contribution in [3.05, 3.63) is 70.6 Å². The number of benzene rings is 2. The number of amides is 1. The fraction of sp³-hybridized carbons (Fsp3) is 0.211. The summed E-state index contributed by atoms with van der Waals surface area (Å²) in [7, 11) is -3.60. The molecule has 1 aliphatic rings. The van der Waals surface area contributed by atoms with E-state index in [2.05, 4.69) is 4.72 Å². The zero-order valence-corrected chi connectivity index (χ0v) is 14.8. The van der Waals surface area contributed by atoms with Crippen LogP contribution in [0.25, 0.3) is 6.08 Å². The minimum atomic E-state index is -3.60. The van der Waals surface area contributed by atoms with E-state index in [1.54, 1.807) is 30.0 Å². The van der Waals surface area contributed by atoms with E-state index >= 15 is 0 Å². The molecule has 2 aromatic rings. The lowest BCUT2D eigenvalue weighted by atomic mass is 9.99. The lowest BCUT2D eigenvalue weighted by Crippen LogP contribution is -2.34. The average Bonchev–Trinajstić information content (AvgIpc) is 2.60. The largest absolute Gasteiger partial charge is 0.338 e. The van der Waals surface area contributed by atoms with Crippen molar-refractivity contribution in [1.29, 1.82) is 0 Å². The third-order valence-corrected chi connectivity index (χ3v) is 5.18. The number of carbonyl (C=O) groups is 1. The Morgan fingerprint density at radius 2 is 1.88 bits per heavy atom. The van der Waals surface area contributed by atoms with Crippen LogP contribution in [0.3, 0.4) is 0 Å². The fourth-order valence-electron chi connectivity index (χ4n) is 2.82. The molecule has 0 fully saturated rings. The second-order valence-corrected chi connectivity index (χ2v) is 7.60. The molecule has 0 saturated heterocycles. The van der Waals surface area contributed by atoms with E-state index in [4.69, 9.17) is 0 Å². The van der Waals surface area contributed by atoms with Gasteiger partial charge in [0.05, 0.1) is 5.41 Å². The van der Waals surface area contributed by atoms with Crippen molar-refractivity contribution in [2.24, 2.45) is 0 Å². The molecule has 5 nitrogen and oxygen atoms in total. The Balaban J connectivity index is 1.76. The van der Waals surface area contributed by atoms with Crippen molar-refractivity contribution >= 4 is 27.7 Å². The van der Waals surface area contributed by atoms with Crippen molar-refractivity contribution < 1.29 is 13.2 Å². The van der Waals surface area contributed by atoms with Crippen LogP contribution in [-0.4, -0.2) is 25.8 Å². The van der Waals surface area contributed by atoms with Crippen LogP contribution in [0.15, 0.2) is 53.9 Å². The van der Waals surface area contributed by atoms with Gasteiger partial charge in [-0.25, -0.2) is 8.42 Å². The molecular formula is C19H20N2O3S. The summed E-state index contributed by atoms with van der Waals surface area (Å²) in [6.07, 6.45) is 2.34. The van der Waals surface area contributed by atoms with E-state index in [0.29, 0.717) is 18.8 Å². The van der Waals surface area contributed by atoms with Crippen molar-refractivity contribution in [3.8, 4) is 0 Å². The van der Waals surface area contributed by atoms with Gasteiger partial charge in [-0.05, 0) is 41.3 Å². The third-order valence-electron chi connectivity index (χ3n) is 4.16. The fourth-order valence-corrected chi connectivity index (χ4v) is 3.68. The molecule has 130 valence electrons. The lowest BCUT2D eigenvalue weighted by molar-refractivity contribution is -0.129. The van der Waals surface area contributed by atoms with E-state index in [9.17, 15) is 13.2 Å². The molecule has 6 heteroatoms. The van der Waals surface area contributed by atoms with Crippen LogP contribution in [0.5, 0.6) is 0 Å². The first-order valence-corrected chi connectivity index (χ1v) is 9.61. The molecule has 1 amide bonds. The Hall–Kier alpha value is -2.60. The van der Waals surface area contributed by atoms with Gasteiger partial charge in [0.1, 0.15) is 0 Å². The summed E-state index contributed by atoms with van der Waals surface area (Å²) in [6, 6.07) is 14.7. The third kappa shape index (κ3) is 4.48. The predicted molar refractivity (Wildman–Crippen MR) is 99.3 cm³/mol. The van der Waals surface area contributed by atoms with Crippen LogP contribution in [0.1, 0.15) is 23.6 Å². The van der Waals surface area contributed by atoms with E-state index in [1.807, 2.05) is 36.4 Å². The molecule has 3 rings (SSSR count). The standard InChI is InChI=1S/C19H20N2O3S/c1-15(22)21-11-9-17-7-8-19(13-18(17)14-21)20-25(23,24)12-10-16-5-3-2-4-6-16/h2-8,10,12-13,20H,9,11,14H2,1H3/b12-10+. The first-order chi connectivity index (χ1) is 11.9. The summed E-state index contributed by atoms with van der Waals surface area (Å²) in [5, 5.41) is 1.16. The number of carbonyl (C=O) groups excluding carboxylic acids is 1. The van der Waals surface area contributed by atoms with E-state index in [0.717, 1.165) is 28.5 Å². The highest BCUT2D eigenvalue weighted by Crippen LogP contribution is 2.23. The number of sulfonamides is 1. The van der Waals surface area contributed by atoms with Gasteiger partial charge in [-0.3, -0.25) is 9.52 Å². The molecule has 0 saturated carbocycles. The second kappa shape index (κ2) is 7.11. The lowest BCUT2D eigenvalue weighted by Gasteiger charge is -2.28. The molecule has 2 aromatic carbocycles. The zero-order chi connectivity index (χ0) is 17.9. The Morgan fingerprint density at radius 3 is 2.60 bits per heavy atom. The highest BCUT2D eigenvalue weighted by Gasteiger charge is 2.18. The molecule has 0 radical (unpaired) electrons. The van der Waals surface area contributed by atoms with Gasteiger partial charge in [0.2, 0.25) is 5.91 Å². The molecule has 0 atom stereocenters. The van der Waals surface area contributed by atoms with Crippen molar-refractivity contribution in [3.63, 3.8) is 0 Å².